The van der Waals surface area contributed by atoms with E-state index in [4.69, 9.17) is 14.2 Å². The van der Waals surface area contributed by atoms with E-state index in [1.807, 2.05) is 6.92 Å². The molecule has 2 fully saturated rings. The van der Waals surface area contributed by atoms with Gasteiger partial charge in [0.05, 0.1) is 11.3 Å². The summed E-state index contributed by atoms with van der Waals surface area (Å²) in [5, 5.41) is 0. The summed E-state index contributed by atoms with van der Waals surface area (Å²) in [5.74, 6) is -3.62. The molecule has 1 heterocycles. The summed E-state index contributed by atoms with van der Waals surface area (Å²) in [6.07, 6.45) is 2.12. The Morgan fingerprint density at radius 1 is 1.24 bits per heavy atom. The van der Waals surface area contributed by atoms with Gasteiger partial charge in [0.15, 0.2) is 5.78 Å². The van der Waals surface area contributed by atoms with Crippen molar-refractivity contribution < 1.29 is 33.4 Å². The predicted octanol–water partition coefficient (Wildman–Crippen LogP) is 2.31. The average Bonchev–Trinajstić information content (AvgIpc) is 2.94. The fraction of sp³-hybridized carbons (Fsp3) is 0.545. The number of ketones is 1. The van der Waals surface area contributed by atoms with Crippen LogP contribution in [0, 0.1) is 23.2 Å². The molecule has 156 valence electrons. The van der Waals surface area contributed by atoms with Crippen LogP contribution in [0.25, 0.3) is 0 Å². The van der Waals surface area contributed by atoms with Crippen molar-refractivity contribution in [2.75, 3.05) is 0 Å². The van der Waals surface area contributed by atoms with Gasteiger partial charge in [-0.3, -0.25) is 9.59 Å². The van der Waals surface area contributed by atoms with Gasteiger partial charge < -0.3 is 14.2 Å². The van der Waals surface area contributed by atoms with Crippen molar-refractivity contribution in [1.82, 2.24) is 0 Å². The second-order valence-electron chi connectivity index (χ2n) is 8.18. The first-order chi connectivity index (χ1) is 13.5. The molecule has 2 aliphatic carbocycles. The minimum absolute atomic E-state index is 0.0252. The summed E-state index contributed by atoms with van der Waals surface area (Å²) in [4.78, 5) is 50.1. The van der Waals surface area contributed by atoms with Crippen LogP contribution in [0.1, 0.15) is 34.6 Å². The van der Waals surface area contributed by atoms with E-state index in [1.54, 1.807) is 32.9 Å². The lowest BCUT2D eigenvalue weighted by atomic mass is 9.67. The minimum atomic E-state index is -1.14. The zero-order valence-corrected chi connectivity index (χ0v) is 17.3. The highest BCUT2D eigenvalue weighted by Crippen LogP contribution is 2.55. The molecule has 7 heteroatoms. The molecule has 0 N–H and O–H groups in total. The molecular weight excluding hydrogens is 376 g/mol. The van der Waals surface area contributed by atoms with E-state index in [0.29, 0.717) is 5.57 Å². The van der Waals surface area contributed by atoms with Crippen molar-refractivity contribution >= 4 is 23.7 Å². The van der Waals surface area contributed by atoms with Crippen molar-refractivity contribution in [2.45, 2.75) is 52.9 Å². The van der Waals surface area contributed by atoms with Crippen LogP contribution >= 0.6 is 0 Å². The highest BCUT2D eigenvalue weighted by Gasteiger charge is 2.65. The molecule has 7 nitrogen and oxygen atoms in total. The fourth-order valence-electron chi connectivity index (χ4n) is 4.78. The largest absolute Gasteiger partial charge is 0.458 e. The molecule has 0 radical (unpaired) electrons. The van der Waals surface area contributed by atoms with Crippen LogP contribution in [0.2, 0.25) is 0 Å². The molecule has 0 spiro atoms. The molecule has 0 amide bonds. The molecule has 1 aliphatic heterocycles. The number of rotatable bonds is 3. The maximum Gasteiger partial charge on any atom is 0.334 e. The second kappa shape index (κ2) is 7.28. The lowest BCUT2D eigenvalue weighted by Gasteiger charge is -2.42. The highest BCUT2D eigenvalue weighted by atomic mass is 16.6. The monoisotopic (exact) mass is 402 g/mol. The molecule has 0 aromatic heterocycles. The Balaban J connectivity index is 2.20. The normalized spacial score (nSPS) is 38.8. The fourth-order valence-corrected chi connectivity index (χ4v) is 4.78. The van der Waals surface area contributed by atoms with Crippen LogP contribution < -0.4 is 0 Å². The highest BCUT2D eigenvalue weighted by molar-refractivity contribution is 5.99. The van der Waals surface area contributed by atoms with Gasteiger partial charge in [-0.25, -0.2) is 9.59 Å². The number of esters is 3. The van der Waals surface area contributed by atoms with Gasteiger partial charge in [-0.2, -0.15) is 0 Å². The van der Waals surface area contributed by atoms with E-state index < -0.39 is 47.6 Å². The number of hydrogen-bond acceptors (Lipinski definition) is 7. The Labute approximate surface area is 169 Å². The lowest BCUT2D eigenvalue weighted by Crippen LogP contribution is -2.54. The maximum absolute atomic E-state index is 13.0. The number of allylic oxidation sites excluding steroid dienone is 3. The Bertz CT molecular complexity index is 851. The summed E-state index contributed by atoms with van der Waals surface area (Å²) in [6.45, 7) is 12.0. The van der Waals surface area contributed by atoms with E-state index >= 15 is 0 Å². The number of ether oxygens (including phenoxy) is 3. The Hall–Kier alpha value is -2.70. The van der Waals surface area contributed by atoms with Gasteiger partial charge in [-0.05, 0) is 32.8 Å². The molecule has 2 bridgehead atoms. The second-order valence-corrected chi connectivity index (χ2v) is 8.18. The first-order valence-electron chi connectivity index (χ1n) is 9.67. The van der Waals surface area contributed by atoms with Crippen LogP contribution in [-0.4, -0.2) is 42.0 Å². The van der Waals surface area contributed by atoms with Gasteiger partial charge in [0.2, 0.25) is 0 Å². The van der Waals surface area contributed by atoms with Crippen molar-refractivity contribution in [3.8, 4) is 0 Å². The summed E-state index contributed by atoms with van der Waals surface area (Å²) in [5.41, 5.74) is -0.750. The van der Waals surface area contributed by atoms with Gasteiger partial charge in [0.25, 0.3) is 0 Å². The number of carbonyl (C=O) groups is 4. The van der Waals surface area contributed by atoms with Crippen LogP contribution in [0.15, 0.2) is 36.0 Å². The van der Waals surface area contributed by atoms with Crippen molar-refractivity contribution in [1.29, 1.82) is 0 Å². The molecule has 0 aromatic carbocycles. The Morgan fingerprint density at radius 3 is 2.48 bits per heavy atom. The van der Waals surface area contributed by atoms with Gasteiger partial charge in [-0.15, -0.1) is 0 Å². The third-order valence-electron chi connectivity index (χ3n) is 6.56. The molecule has 0 aromatic rings. The van der Waals surface area contributed by atoms with Crippen molar-refractivity contribution in [3.63, 3.8) is 0 Å². The Kier molecular flexibility index (Phi) is 5.28. The van der Waals surface area contributed by atoms with E-state index in [2.05, 4.69) is 6.58 Å². The Morgan fingerprint density at radius 2 is 1.90 bits per heavy atom. The zero-order valence-electron chi connectivity index (χ0n) is 17.3. The third kappa shape index (κ3) is 3.12. The number of hydrogen-bond donors (Lipinski definition) is 0. The maximum atomic E-state index is 13.0. The van der Waals surface area contributed by atoms with Crippen LogP contribution in [0.3, 0.4) is 0 Å². The van der Waals surface area contributed by atoms with E-state index in [-0.39, 0.29) is 23.2 Å². The average molecular weight is 402 g/mol. The molecular formula is C22H26O7. The first-order valence-corrected chi connectivity index (χ1v) is 9.67. The first kappa shape index (κ1) is 21.0. The molecule has 1 saturated carbocycles. The number of fused-ring (bicyclic) bond motifs is 3. The predicted molar refractivity (Wildman–Crippen MR) is 102 cm³/mol. The summed E-state index contributed by atoms with van der Waals surface area (Å²) < 4.78 is 17.0. The summed E-state index contributed by atoms with van der Waals surface area (Å²) >= 11 is 0. The lowest BCUT2D eigenvalue weighted by molar-refractivity contribution is -0.187. The number of carbonyl (C=O) groups excluding carboxylic acids is 4. The molecule has 3 aliphatic rings. The van der Waals surface area contributed by atoms with Crippen LogP contribution in [0.4, 0.5) is 0 Å². The quantitative estimate of drug-likeness (QED) is 0.406. The smallest absolute Gasteiger partial charge is 0.334 e. The summed E-state index contributed by atoms with van der Waals surface area (Å²) in [6, 6.07) is 0. The standard InChI is InChI=1S/C22H26O7/c1-7-10(2)20(25)29-19-16-12(4)21(26)28-17(18(16)27-13(5)23)11(3)14-8-9-15(24)22(14,19)6/h7-9,11,14,16-19H,4H2,1-3,5-6H3/b10-7+/t11-,14?,16?,17?,18+,19-,22+/m1/s1. The van der Waals surface area contributed by atoms with Crippen molar-refractivity contribution in [3.05, 3.63) is 36.0 Å². The van der Waals surface area contributed by atoms with E-state index in [0.717, 1.165) is 0 Å². The third-order valence-corrected chi connectivity index (χ3v) is 6.56. The summed E-state index contributed by atoms with van der Waals surface area (Å²) in [7, 11) is 0. The van der Waals surface area contributed by atoms with Gasteiger partial charge in [0, 0.05) is 24.0 Å². The molecule has 7 atom stereocenters. The van der Waals surface area contributed by atoms with Gasteiger partial charge in [0.1, 0.15) is 18.3 Å². The van der Waals surface area contributed by atoms with Crippen LogP contribution in [0.5, 0.6) is 0 Å². The topological polar surface area (TPSA) is 96.0 Å². The molecule has 3 rings (SSSR count). The van der Waals surface area contributed by atoms with E-state index in [9.17, 15) is 19.2 Å². The molecule has 1 saturated heterocycles. The SMILES string of the molecule is C=C1C(=O)OC2[C@H](C)C3C=CC(=O)[C@@]3(C)[C@H](OC(=O)/C(C)=C/C)C1[C@@H]2OC(C)=O. The van der Waals surface area contributed by atoms with Gasteiger partial charge >= 0.3 is 17.9 Å². The molecule has 3 unspecified atom stereocenters. The molecule has 29 heavy (non-hydrogen) atoms. The van der Waals surface area contributed by atoms with Crippen molar-refractivity contribution in [2.24, 2.45) is 23.2 Å². The van der Waals surface area contributed by atoms with Crippen LogP contribution in [-0.2, 0) is 33.4 Å². The zero-order chi connectivity index (χ0) is 21.7. The van der Waals surface area contributed by atoms with E-state index in [1.165, 1.54) is 13.0 Å². The minimum Gasteiger partial charge on any atom is -0.458 e. The van der Waals surface area contributed by atoms with Gasteiger partial charge in [-0.1, -0.05) is 25.7 Å².